The number of anilines is 1. The fourth-order valence-electron chi connectivity index (χ4n) is 2.84. The van der Waals surface area contributed by atoms with Crippen LogP contribution in [0.25, 0.3) is 0 Å². The van der Waals surface area contributed by atoms with Crippen molar-refractivity contribution in [2.45, 2.75) is 18.9 Å². The van der Waals surface area contributed by atoms with Crippen molar-refractivity contribution in [1.82, 2.24) is 0 Å². The Labute approximate surface area is 148 Å². The number of carbonyl (C=O) groups is 1. The monoisotopic (exact) mass is 331 g/mol. The SMILES string of the molecule is [NH3+][C@H](Cc1ccccc1)C(=O)Nc1ccccc1Cc1ccccc1. The van der Waals surface area contributed by atoms with Gasteiger partial charge in [0.05, 0.1) is 0 Å². The van der Waals surface area contributed by atoms with Crippen LogP contribution in [-0.2, 0) is 17.6 Å². The number of benzene rings is 3. The fourth-order valence-corrected chi connectivity index (χ4v) is 2.84. The van der Waals surface area contributed by atoms with Crippen LogP contribution in [0.1, 0.15) is 16.7 Å². The number of rotatable bonds is 6. The maximum absolute atomic E-state index is 12.5. The highest BCUT2D eigenvalue weighted by Gasteiger charge is 2.18. The third-order valence-corrected chi connectivity index (χ3v) is 4.21. The summed E-state index contributed by atoms with van der Waals surface area (Å²) in [4.78, 5) is 12.5. The van der Waals surface area contributed by atoms with E-state index in [0.717, 1.165) is 23.2 Å². The fraction of sp³-hybridized carbons (Fsp3) is 0.136. The largest absolute Gasteiger partial charge is 0.347 e. The molecule has 1 amide bonds. The Bertz CT molecular complexity index is 816. The summed E-state index contributed by atoms with van der Waals surface area (Å²) >= 11 is 0. The van der Waals surface area contributed by atoms with E-state index in [2.05, 4.69) is 29.2 Å². The number of nitrogens with one attached hydrogen (secondary N) is 1. The Balaban J connectivity index is 1.69. The molecule has 0 fully saturated rings. The van der Waals surface area contributed by atoms with Crippen molar-refractivity contribution in [1.29, 1.82) is 0 Å². The minimum Gasteiger partial charge on any atom is -0.347 e. The van der Waals surface area contributed by atoms with Crippen molar-refractivity contribution < 1.29 is 10.5 Å². The molecule has 0 spiro atoms. The van der Waals surface area contributed by atoms with Gasteiger partial charge in [-0.15, -0.1) is 0 Å². The maximum Gasteiger partial charge on any atom is 0.282 e. The summed E-state index contributed by atoms with van der Waals surface area (Å²) in [5, 5.41) is 3.05. The van der Waals surface area contributed by atoms with Gasteiger partial charge < -0.3 is 11.1 Å². The van der Waals surface area contributed by atoms with Gasteiger partial charge in [-0.05, 0) is 29.2 Å². The first-order valence-corrected chi connectivity index (χ1v) is 8.52. The Morgan fingerprint density at radius 3 is 2.04 bits per heavy atom. The molecule has 0 saturated heterocycles. The average molecular weight is 331 g/mol. The summed E-state index contributed by atoms with van der Waals surface area (Å²) in [6, 6.07) is 27.9. The highest BCUT2D eigenvalue weighted by molar-refractivity contribution is 5.94. The molecule has 25 heavy (non-hydrogen) atoms. The Kier molecular flexibility index (Phi) is 5.60. The quantitative estimate of drug-likeness (QED) is 0.716. The summed E-state index contributed by atoms with van der Waals surface area (Å²) in [6.07, 6.45) is 1.42. The van der Waals surface area contributed by atoms with E-state index in [4.69, 9.17) is 0 Å². The molecular weight excluding hydrogens is 308 g/mol. The third-order valence-electron chi connectivity index (χ3n) is 4.21. The minimum absolute atomic E-state index is 0.0515. The molecule has 0 aromatic heterocycles. The molecule has 3 rings (SSSR count). The zero-order chi connectivity index (χ0) is 17.5. The average Bonchev–Trinajstić information content (AvgIpc) is 2.65. The summed E-state index contributed by atoms with van der Waals surface area (Å²) in [5.41, 5.74) is 8.34. The van der Waals surface area contributed by atoms with Crippen LogP contribution >= 0.6 is 0 Å². The van der Waals surface area contributed by atoms with Gasteiger partial charge in [0.25, 0.3) is 5.91 Å². The van der Waals surface area contributed by atoms with Gasteiger partial charge in [0, 0.05) is 12.1 Å². The molecule has 3 heteroatoms. The second-order valence-corrected chi connectivity index (χ2v) is 6.20. The normalized spacial score (nSPS) is 11.7. The van der Waals surface area contributed by atoms with Gasteiger partial charge in [-0.2, -0.15) is 0 Å². The van der Waals surface area contributed by atoms with Crippen LogP contribution in [0, 0.1) is 0 Å². The van der Waals surface area contributed by atoms with Gasteiger partial charge >= 0.3 is 0 Å². The van der Waals surface area contributed by atoms with E-state index in [-0.39, 0.29) is 11.9 Å². The number of hydrogen-bond acceptors (Lipinski definition) is 1. The first-order chi connectivity index (χ1) is 12.2. The van der Waals surface area contributed by atoms with Crippen molar-refractivity contribution in [3.8, 4) is 0 Å². The van der Waals surface area contributed by atoms with Crippen LogP contribution in [0.5, 0.6) is 0 Å². The van der Waals surface area contributed by atoms with Gasteiger partial charge in [-0.25, -0.2) is 0 Å². The van der Waals surface area contributed by atoms with E-state index in [1.807, 2.05) is 66.7 Å². The first-order valence-electron chi connectivity index (χ1n) is 8.52. The zero-order valence-corrected chi connectivity index (χ0v) is 14.2. The Hall–Kier alpha value is -2.91. The first kappa shape index (κ1) is 16.9. The minimum atomic E-state index is -0.327. The lowest BCUT2D eigenvalue weighted by atomic mass is 10.0. The third kappa shape index (κ3) is 4.78. The summed E-state index contributed by atoms with van der Waals surface area (Å²) in [5.74, 6) is -0.0515. The van der Waals surface area contributed by atoms with Gasteiger partial charge in [0.15, 0.2) is 6.04 Å². The maximum atomic E-state index is 12.5. The lowest BCUT2D eigenvalue weighted by Crippen LogP contribution is -2.67. The molecule has 0 aliphatic rings. The molecule has 3 aromatic carbocycles. The predicted molar refractivity (Wildman–Crippen MR) is 101 cm³/mol. The van der Waals surface area contributed by atoms with Crippen molar-refractivity contribution >= 4 is 11.6 Å². The molecule has 1 atom stereocenters. The molecule has 0 unspecified atom stereocenters. The number of para-hydroxylation sites is 1. The van der Waals surface area contributed by atoms with Gasteiger partial charge in [0.1, 0.15) is 0 Å². The van der Waals surface area contributed by atoms with Crippen molar-refractivity contribution in [3.63, 3.8) is 0 Å². The van der Waals surface area contributed by atoms with E-state index in [0.29, 0.717) is 6.42 Å². The molecule has 0 heterocycles. The van der Waals surface area contributed by atoms with Crippen molar-refractivity contribution in [2.24, 2.45) is 0 Å². The number of quaternary nitrogens is 1. The van der Waals surface area contributed by atoms with Crippen molar-refractivity contribution in [2.75, 3.05) is 5.32 Å². The molecule has 4 N–H and O–H groups in total. The molecule has 0 aliphatic heterocycles. The number of hydrogen-bond donors (Lipinski definition) is 2. The topological polar surface area (TPSA) is 56.7 Å². The Morgan fingerprint density at radius 2 is 1.36 bits per heavy atom. The highest BCUT2D eigenvalue weighted by atomic mass is 16.2. The molecule has 0 saturated carbocycles. The van der Waals surface area contributed by atoms with Gasteiger partial charge in [-0.1, -0.05) is 78.9 Å². The van der Waals surface area contributed by atoms with Crippen LogP contribution < -0.4 is 11.1 Å². The zero-order valence-electron chi connectivity index (χ0n) is 14.2. The highest BCUT2D eigenvalue weighted by Crippen LogP contribution is 2.19. The molecule has 0 aliphatic carbocycles. The smallest absolute Gasteiger partial charge is 0.282 e. The lowest BCUT2D eigenvalue weighted by molar-refractivity contribution is -0.402. The van der Waals surface area contributed by atoms with Crippen molar-refractivity contribution in [3.05, 3.63) is 102 Å². The van der Waals surface area contributed by atoms with Crippen LogP contribution in [0.15, 0.2) is 84.9 Å². The van der Waals surface area contributed by atoms with Crippen LogP contribution in [0.3, 0.4) is 0 Å². The number of amides is 1. The Morgan fingerprint density at radius 1 is 0.800 bits per heavy atom. The lowest BCUT2D eigenvalue weighted by Gasteiger charge is -2.13. The molecule has 126 valence electrons. The summed E-state index contributed by atoms with van der Waals surface area (Å²) in [7, 11) is 0. The van der Waals surface area contributed by atoms with Crippen LogP contribution in [-0.4, -0.2) is 11.9 Å². The van der Waals surface area contributed by atoms with E-state index in [1.165, 1.54) is 5.56 Å². The van der Waals surface area contributed by atoms with Crippen LogP contribution in [0.4, 0.5) is 5.69 Å². The summed E-state index contributed by atoms with van der Waals surface area (Å²) in [6.45, 7) is 0. The number of carbonyl (C=O) groups excluding carboxylic acids is 1. The summed E-state index contributed by atoms with van der Waals surface area (Å²) < 4.78 is 0. The second kappa shape index (κ2) is 8.27. The molecule has 3 nitrogen and oxygen atoms in total. The predicted octanol–water partition coefficient (Wildman–Crippen LogP) is 3.07. The standard InChI is InChI=1S/C22H22N2O/c23-20(16-18-11-5-2-6-12-18)22(25)24-21-14-8-7-13-19(21)15-17-9-3-1-4-10-17/h1-14,20H,15-16,23H2,(H,24,25)/p+1/t20-/m1/s1. The molecule has 3 aromatic rings. The van der Waals surface area contributed by atoms with E-state index < -0.39 is 0 Å². The molecule has 0 radical (unpaired) electrons. The van der Waals surface area contributed by atoms with E-state index in [1.54, 1.807) is 0 Å². The van der Waals surface area contributed by atoms with Gasteiger partial charge in [0.2, 0.25) is 0 Å². The second-order valence-electron chi connectivity index (χ2n) is 6.20. The molecular formula is C22H23N2O+. The van der Waals surface area contributed by atoms with E-state index in [9.17, 15) is 4.79 Å². The molecule has 0 bridgehead atoms. The van der Waals surface area contributed by atoms with E-state index >= 15 is 0 Å². The van der Waals surface area contributed by atoms with Gasteiger partial charge in [-0.3, -0.25) is 4.79 Å². The van der Waals surface area contributed by atoms with Crippen LogP contribution in [0.2, 0.25) is 0 Å².